The molecular formula is C15H15BrClN3O. The van der Waals surface area contributed by atoms with Crippen LogP contribution in [0.3, 0.4) is 0 Å². The first-order chi connectivity index (χ1) is 10.0. The number of nitrogens with one attached hydrogen (secondary N) is 2. The molecule has 4 N–H and O–H groups in total. The molecule has 0 heterocycles. The number of hydrogen-bond donors (Lipinski definition) is 3. The summed E-state index contributed by atoms with van der Waals surface area (Å²) in [5.74, 6) is -0.139. The molecule has 110 valence electrons. The Morgan fingerprint density at radius 2 is 2.00 bits per heavy atom. The van der Waals surface area contributed by atoms with E-state index in [2.05, 4.69) is 26.6 Å². The molecule has 0 saturated carbocycles. The molecule has 6 heteroatoms. The Labute approximate surface area is 136 Å². The Kier molecular flexibility index (Phi) is 5.09. The van der Waals surface area contributed by atoms with Gasteiger partial charge >= 0.3 is 0 Å². The molecule has 2 aromatic rings. The molecule has 0 atom stereocenters. The Morgan fingerprint density at radius 1 is 1.24 bits per heavy atom. The van der Waals surface area contributed by atoms with E-state index in [1.807, 2.05) is 13.0 Å². The van der Waals surface area contributed by atoms with Crippen LogP contribution in [-0.2, 0) is 0 Å². The monoisotopic (exact) mass is 367 g/mol. The van der Waals surface area contributed by atoms with Crippen LogP contribution in [0.15, 0.2) is 40.9 Å². The normalized spacial score (nSPS) is 10.2. The first kappa shape index (κ1) is 15.7. The van der Waals surface area contributed by atoms with Gasteiger partial charge in [0, 0.05) is 21.6 Å². The van der Waals surface area contributed by atoms with Gasteiger partial charge in [-0.1, -0.05) is 11.6 Å². The maximum absolute atomic E-state index is 11.8. The molecule has 0 aliphatic rings. The van der Waals surface area contributed by atoms with Gasteiger partial charge in [-0.25, -0.2) is 0 Å². The van der Waals surface area contributed by atoms with Crippen LogP contribution in [0.1, 0.15) is 17.3 Å². The van der Waals surface area contributed by atoms with Crippen molar-refractivity contribution in [2.75, 3.05) is 17.6 Å². The third-order valence-corrected chi connectivity index (χ3v) is 3.78. The van der Waals surface area contributed by atoms with Gasteiger partial charge in [-0.2, -0.15) is 0 Å². The smallest absolute Gasteiger partial charge is 0.251 e. The number of nitrogens with two attached hydrogens (primary N) is 1. The van der Waals surface area contributed by atoms with Gasteiger partial charge < -0.3 is 16.4 Å². The summed E-state index contributed by atoms with van der Waals surface area (Å²) in [5.41, 5.74) is 8.54. The molecule has 2 rings (SSSR count). The number of benzene rings is 2. The zero-order valence-electron chi connectivity index (χ0n) is 11.4. The van der Waals surface area contributed by atoms with Gasteiger partial charge in [0.05, 0.1) is 17.1 Å². The van der Waals surface area contributed by atoms with Crippen molar-refractivity contribution >= 4 is 50.5 Å². The SMILES string of the molecule is CCNC(=O)c1ccc(Nc2cc(Cl)ccc2Br)c(N)c1. The first-order valence-electron chi connectivity index (χ1n) is 6.41. The molecule has 0 aromatic heterocycles. The summed E-state index contributed by atoms with van der Waals surface area (Å²) in [4.78, 5) is 11.8. The molecule has 1 amide bonds. The van der Waals surface area contributed by atoms with Crippen LogP contribution in [0.4, 0.5) is 17.1 Å². The Morgan fingerprint density at radius 3 is 2.67 bits per heavy atom. The quantitative estimate of drug-likeness (QED) is 0.709. The maximum atomic E-state index is 11.8. The number of nitrogen functional groups attached to an aromatic ring is 1. The van der Waals surface area contributed by atoms with E-state index in [0.717, 1.165) is 10.2 Å². The van der Waals surface area contributed by atoms with E-state index in [1.165, 1.54) is 0 Å². The molecule has 21 heavy (non-hydrogen) atoms. The van der Waals surface area contributed by atoms with Crippen LogP contribution >= 0.6 is 27.5 Å². The lowest BCUT2D eigenvalue weighted by molar-refractivity contribution is 0.0956. The van der Waals surface area contributed by atoms with E-state index < -0.39 is 0 Å². The third-order valence-electron chi connectivity index (χ3n) is 2.85. The van der Waals surface area contributed by atoms with Crippen LogP contribution in [0, 0.1) is 0 Å². The molecule has 0 fully saturated rings. The fraction of sp³-hybridized carbons (Fsp3) is 0.133. The minimum Gasteiger partial charge on any atom is -0.397 e. The van der Waals surface area contributed by atoms with Crippen LogP contribution in [0.25, 0.3) is 0 Å². The Bertz CT molecular complexity index is 676. The van der Waals surface area contributed by atoms with E-state index in [0.29, 0.717) is 28.5 Å². The fourth-order valence-corrected chi connectivity index (χ4v) is 2.34. The summed E-state index contributed by atoms with van der Waals surface area (Å²) >= 11 is 9.42. The molecule has 4 nitrogen and oxygen atoms in total. The van der Waals surface area contributed by atoms with Crippen molar-refractivity contribution in [3.63, 3.8) is 0 Å². The lowest BCUT2D eigenvalue weighted by Crippen LogP contribution is -2.22. The molecule has 0 unspecified atom stereocenters. The maximum Gasteiger partial charge on any atom is 0.251 e. The van der Waals surface area contributed by atoms with Crippen molar-refractivity contribution in [2.45, 2.75) is 6.92 Å². The topological polar surface area (TPSA) is 67.2 Å². The largest absolute Gasteiger partial charge is 0.397 e. The fourth-order valence-electron chi connectivity index (χ4n) is 1.82. The van der Waals surface area contributed by atoms with Gasteiger partial charge in [0.1, 0.15) is 0 Å². The van der Waals surface area contributed by atoms with Crippen LogP contribution in [0.2, 0.25) is 5.02 Å². The zero-order valence-corrected chi connectivity index (χ0v) is 13.8. The molecule has 0 bridgehead atoms. The first-order valence-corrected chi connectivity index (χ1v) is 7.58. The number of anilines is 3. The van der Waals surface area contributed by atoms with E-state index in [-0.39, 0.29) is 5.91 Å². The van der Waals surface area contributed by atoms with Crippen molar-refractivity contribution in [3.8, 4) is 0 Å². The van der Waals surface area contributed by atoms with Crippen LogP contribution < -0.4 is 16.4 Å². The van der Waals surface area contributed by atoms with E-state index in [1.54, 1.807) is 30.3 Å². The van der Waals surface area contributed by atoms with Gasteiger partial charge in [0.25, 0.3) is 5.91 Å². The summed E-state index contributed by atoms with van der Waals surface area (Å²) in [6, 6.07) is 10.6. The second-order valence-electron chi connectivity index (χ2n) is 4.41. The van der Waals surface area contributed by atoms with Crippen molar-refractivity contribution in [2.24, 2.45) is 0 Å². The molecule has 0 radical (unpaired) electrons. The highest BCUT2D eigenvalue weighted by molar-refractivity contribution is 9.10. The predicted octanol–water partition coefficient (Wildman–Crippen LogP) is 4.18. The number of amides is 1. The number of carbonyl (C=O) groups excluding carboxylic acids is 1. The summed E-state index contributed by atoms with van der Waals surface area (Å²) in [7, 11) is 0. The highest BCUT2D eigenvalue weighted by atomic mass is 79.9. The standard InChI is InChI=1S/C15H15BrClN3O/c1-2-19-15(21)9-3-6-13(12(18)7-9)20-14-8-10(17)4-5-11(14)16/h3-8,20H,2,18H2,1H3,(H,19,21). The van der Waals surface area contributed by atoms with Crippen molar-refractivity contribution in [1.29, 1.82) is 0 Å². The minimum absolute atomic E-state index is 0.139. The molecule has 0 aliphatic heterocycles. The van der Waals surface area contributed by atoms with Gasteiger partial charge in [-0.05, 0) is 59.3 Å². The van der Waals surface area contributed by atoms with Crippen LogP contribution in [-0.4, -0.2) is 12.5 Å². The average molecular weight is 369 g/mol. The van der Waals surface area contributed by atoms with Gasteiger partial charge in [0.2, 0.25) is 0 Å². The highest BCUT2D eigenvalue weighted by Crippen LogP contribution is 2.31. The van der Waals surface area contributed by atoms with E-state index in [9.17, 15) is 4.79 Å². The summed E-state index contributed by atoms with van der Waals surface area (Å²) in [5, 5.41) is 6.55. The second-order valence-corrected chi connectivity index (χ2v) is 5.70. The molecule has 0 spiro atoms. The molecule has 0 aliphatic carbocycles. The van der Waals surface area contributed by atoms with Gasteiger partial charge in [-0.15, -0.1) is 0 Å². The number of hydrogen-bond acceptors (Lipinski definition) is 3. The molecule has 0 saturated heterocycles. The number of halogens is 2. The molecule has 2 aromatic carbocycles. The predicted molar refractivity (Wildman–Crippen MR) is 91.3 cm³/mol. The summed E-state index contributed by atoms with van der Waals surface area (Å²) < 4.78 is 0.874. The lowest BCUT2D eigenvalue weighted by atomic mass is 10.1. The Balaban J connectivity index is 2.25. The van der Waals surface area contributed by atoms with Crippen molar-refractivity contribution in [3.05, 3.63) is 51.5 Å². The zero-order chi connectivity index (χ0) is 15.4. The van der Waals surface area contributed by atoms with Crippen molar-refractivity contribution in [1.82, 2.24) is 5.32 Å². The highest BCUT2D eigenvalue weighted by Gasteiger charge is 2.08. The van der Waals surface area contributed by atoms with Crippen molar-refractivity contribution < 1.29 is 4.79 Å². The van der Waals surface area contributed by atoms with E-state index in [4.69, 9.17) is 17.3 Å². The second kappa shape index (κ2) is 6.83. The summed E-state index contributed by atoms with van der Waals surface area (Å²) in [6.45, 7) is 2.45. The summed E-state index contributed by atoms with van der Waals surface area (Å²) in [6.07, 6.45) is 0. The van der Waals surface area contributed by atoms with Crippen LogP contribution in [0.5, 0.6) is 0 Å². The molecular weight excluding hydrogens is 354 g/mol. The van der Waals surface area contributed by atoms with Gasteiger partial charge in [-0.3, -0.25) is 4.79 Å². The lowest BCUT2D eigenvalue weighted by Gasteiger charge is -2.12. The average Bonchev–Trinajstić information content (AvgIpc) is 2.45. The van der Waals surface area contributed by atoms with E-state index >= 15 is 0 Å². The number of carbonyl (C=O) groups is 1. The Hall–Kier alpha value is -1.72. The minimum atomic E-state index is -0.139. The van der Waals surface area contributed by atoms with Gasteiger partial charge in [0.15, 0.2) is 0 Å². The number of rotatable bonds is 4. The third kappa shape index (κ3) is 3.89.